The highest BCUT2D eigenvalue weighted by Crippen LogP contribution is 2.08. The summed E-state index contributed by atoms with van der Waals surface area (Å²) < 4.78 is 0. The third kappa shape index (κ3) is 2.26. The van der Waals surface area contributed by atoms with Crippen LogP contribution in [-0.4, -0.2) is 15.7 Å². The molecule has 4 heteroatoms. The molecule has 1 N–H and O–H groups in total. The van der Waals surface area contributed by atoms with E-state index in [2.05, 4.69) is 34.4 Å². The third-order valence-corrected chi connectivity index (χ3v) is 2.33. The van der Waals surface area contributed by atoms with Crippen LogP contribution >= 0.6 is 12.6 Å². The minimum atomic E-state index is -0.136. The van der Waals surface area contributed by atoms with Crippen molar-refractivity contribution >= 4 is 23.5 Å². The number of hydrogen-bond acceptors (Lipinski definition) is 3. The van der Waals surface area contributed by atoms with Crippen molar-refractivity contribution in [2.45, 2.75) is 6.42 Å². The molecule has 1 aromatic carbocycles. The summed E-state index contributed by atoms with van der Waals surface area (Å²) in [6.45, 7) is 0. The second kappa shape index (κ2) is 4.86. The summed E-state index contributed by atoms with van der Waals surface area (Å²) in [5.41, 5.74) is 1.37. The molecule has 0 radical (unpaired) electrons. The average Bonchev–Trinajstić information content (AvgIpc) is 2.30. The Labute approximate surface area is 98.3 Å². The van der Waals surface area contributed by atoms with Gasteiger partial charge < -0.3 is 4.98 Å². The number of nitrogens with one attached hydrogen (secondary N) is 1. The van der Waals surface area contributed by atoms with Gasteiger partial charge in [0.25, 0.3) is 5.56 Å². The van der Waals surface area contributed by atoms with E-state index in [1.807, 2.05) is 6.07 Å². The van der Waals surface area contributed by atoms with E-state index < -0.39 is 0 Å². The standard InChI is InChI=1S/C12H10N2OS/c15-12-10-7-9(3-1-2-6-16)4-5-11(10)13-8-14-12/h4-5,7-8,16H,2,6H2,(H,13,14,15). The van der Waals surface area contributed by atoms with Crippen LogP contribution in [0.1, 0.15) is 12.0 Å². The highest BCUT2D eigenvalue weighted by molar-refractivity contribution is 7.80. The van der Waals surface area contributed by atoms with Gasteiger partial charge in [0, 0.05) is 17.7 Å². The van der Waals surface area contributed by atoms with Crippen LogP contribution in [0.5, 0.6) is 0 Å². The second-order valence-electron chi connectivity index (χ2n) is 3.24. The topological polar surface area (TPSA) is 45.8 Å². The Balaban J connectivity index is 2.49. The first-order chi connectivity index (χ1) is 7.81. The van der Waals surface area contributed by atoms with Crippen molar-refractivity contribution in [3.8, 4) is 11.8 Å². The summed E-state index contributed by atoms with van der Waals surface area (Å²) in [5.74, 6) is 6.70. The average molecular weight is 230 g/mol. The summed E-state index contributed by atoms with van der Waals surface area (Å²) in [6.07, 6.45) is 2.14. The van der Waals surface area contributed by atoms with Gasteiger partial charge in [-0.1, -0.05) is 11.8 Å². The fourth-order valence-electron chi connectivity index (χ4n) is 1.37. The van der Waals surface area contributed by atoms with Crippen LogP contribution in [0.3, 0.4) is 0 Å². The zero-order valence-electron chi connectivity index (χ0n) is 8.53. The number of fused-ring (bicyclic) bond motifs is 1. The molecule has 0 saturated carbocycles. The molecule has 0 spiro atoms. The molecule has 1 heterocycles. The molecule has 0 aliphatic rings. The van der Waals surface area contributed by atoms with E-state index in [0.29, 0.717) is 10.9 Å². The van der Waals surface area contributed by atoms with E-state index >= 15 is 0 Å². The quantitative estimate of drug-likeness (QED) is 0.577. The molecule has 0 atom stereocenters. The Hall–Kier alpha value is -1.73. The van der Waals surface area contributed by atoms with Crippen molar-refractivity contribution < 1.29 is 0 Å². The van der Waals surface area contributed by atoms with Gasteiger partial charge in [0.15, 0.2) is 0 Å². The van der Waals surface area contributed by atoms with Crippen molar-refractivity contribution in [3.63, 3.8) is 0 Å². The van der Waals surface area contributed by atoms with Crippen LogP contribution in [0, 0.1) is 11.8 Å². The van der Waals surface area contributed by atoms with Gasteiger partial charge in [0.2, 0.25) is 0 Å². The lowest BCUT2D eigenvalue weighted by molar-refractivity contribution is 1.17. The number of rotatable bonds is 1. The third-order valence-electron chi connectivity index (χ3n) is 2.11. The van der Waals surface area contributed by atoms with Crippen molar-refractivity contribution in [3.05, 3.63) is 40.4 Å². The molecule has 2 aromatic rings. The van der Waals surface area contributed by atoms with Gasteiger partial charge in [-0.2, -0.15) is 12.6 Å². The summed E-state index contributed by atoms with van der Waals surface area (Å²) in [5, 5.41) is 0.570. The van der Waals surface area contributed by atoms with Crippen molar-refractivity contribution in [2.75, 3.05) is 5.75 Å². The monoisotopic (exact) mass is 230 g/mol. The maximum Gasteiger partial charge on any atom is 0.258 e. The molecule has 0 saturated heterocycles. The number of aromatic nitrogens is 2. The Morgan fingerprint density at radius 1 is 1.44 bits per heavy atom. The Morgan fingerprint density at radius 3 is 3.12 bits per heavy atom. The van der Waals surface area contributed by atoms with Gasteiger partial charge in [-0.3, -0.25) is 4.79 Å². The SMILES string of the molecule is O=c1[nH]cnc2ccc(C#CCCS)cc12. The molecule has 0 unspecified atom stereocenters. The predicted octanol–water partition coefficient (Wildman–Crippen LogP) is 1.59. The van der Waals surface area contributed by atoms with Crippen molar-refractivity contribution in [1.82, 2.24) is 9.97 Å². The molecule has 0 bridgehead atoms. The van der Waals surface area contributed by atoms with Crippen LogP contribution in [0.4, 0.5) is 0 Å². The number of aromatic amines is 1. The summed E-state index contributed by atoms with van der Waals surface area (Å²) in [6, 6.07) is 5.42. The van der Waals surface area contributed by atoms with Crippen LogP contribution < -0.4 is 5.56 Å². The summed E-state index contributed by atoms with van der Waals surface area (Å²) in [4.78, 5) is 18.1. The van der Waals surface area contributed by atoms with Gasteiger partial charge >= 0.3 is 0 Å². The highest BCUT2D eigenvalue weighted by atomic mass is 32.1. The number of thiol groups is 1. The van der Waals surface area contributed by atoms with E-state index in [9.17, 15) is 4.79 Å². The molecule has 0 aliphatic carbocycles. The molecule has 0 amide bonds. The van der Waals surface area contributed by atoms with Crippen molar-refractivity contribution in [1.29, 1.82) is 0 Å². The number of hydrogen-bond donors (Lipinski definition) is 2. The van der Waals surface area contributed by atoms with E-state index in [1.54, 1.807) is 12.1 Å². The van der Waals surface area contributed by atoms with Crippen molar-refractivity contribution in [2.24, 2.45) is 0 Å². The lowest BCUT2D eigenvalue weighted by Gasteiger charge is -1.95. The molecular weight excluding hydrogens is 220 g/mol. The molecular formula is C12H10N2OS. The first kappa shape index (κ1) is 10.8. The number of nitrogens with zero attached hydrogens (tertiary/aromatic N) is 1. The van der Waals surface area contributed by atoms with Gasteiger partial charge in [-0.05, 0) is 18.2 Å². The molecule has 0 fully saturated rings. The first-order valence-electron chi connectivity index (χ1n) is 4.88. The molecule has 2 rings (SSSR count). The Bertz CT molecular complexity index is 622. The Kier molecular flexibility index (Phi) is 3.28. The second-order valence-corrected chi connectivity index (χ2v) is 3.69. The van der Waals surface area contributed by atoms with E-state index in [4.69, 9.17) is 0 Å². The van der Waals surface area contributed by atoms with Gasteiger partial charge in [-0.25, -0.2) is 4.98 Å². The van der Waals surface area contributed by atoms with Crippen LogP contribution in [0.2, 0.25) is 0 Å². The molecule has 80 valence electrons. The lowest BCUT2D eigenvalue weighted by Crippen LogP contribution is -2.06. The maximum absolute atomic E-state index is 11.5. The summed E-state index contributed by atoms with van der Waals surface area (Å²) in [7, 11) is 0. The lowest BCUT2D eigenvalue weighted by atomic mass is 10.1. The zero-order chi connectivity index (χ0) is 11.4. The van der Waals surface area contributed by atoms with Crippen LogP contribution in [0.25, 0.3) is 10.9 Å². The van der Waals surface area contributed by atoms with Crippen LogP contribution in [0.15, 0.2) is 29.3 Å². The summed E-state index contributed by atoms with van der Waals surface area (Å²) >= 11 is 4.07. The Morgan fingerprint density at radius 2 is 2.31 bits per heavy atom. The number of H-pyrrole nitrogens is 1. The molecule has 3 nitrogen and oxygen atoms in total. The first-order valence-corrected chi connectivity index (χ1v) is 5.51. The van der Waals surface area contributed by atoms with Crippen LogP contribution in [-0.2, 0) is 0 Å². The number of benzene rings is 1. The van der Waals surface area contributed by atoms with E-state index in [-0.39, 0.29) is 5.56 Å². The smallest absolute Gasteiger partial charge is 0.258 e. The fraction of sp³-hybridized carbons (Fsp3) is 0.167. The minimum Gasteiger partial charge on any atom is -0.313 e. The zero-order valence-corrected chi connectivity index (χ0v) is 9.42. The normalized spacial score (nSPS) is 9.81. The van der Waals surface area contributed by atoms with Gasteiger partial charge in [-0.15, -0.1) is 0 Å². The van der Waals surface area contributed by atoms with E-state index in [1.165, 1.54) is 6.33 Å². The predicted molar refractivity (Wildman–Crippen MR) is 67.7 cm³/mol. The van der Waals surface area contributed by atoms with Gasteiger partial charge in [0.1, 0.15) is 0 Å². The maximum atomic E-state index is 11.5. The minimum absolute atomic E-state index is 0.136. The van der Waals surface area contributed by atoms with Gasteiger partial charge in [0.05, 0.1) is 17.2 Å². The molecule has 1 aromatic heterocycles. The largest absolute Gasteiger partial charge is 0.313 e. The molecule has 16 heavy (non-hydrogen) atoms. The fourth-order valence-corrected chi connectivity index (χ4v) is 1.48. The highest BCUT2D eigenvalue weighted by Gasteiger charge is 1.98. The van der Waals surface area contributed by atoms with E-state index in [0.717, 1.165) is 17.7 Å². The molecule has 0 aliphatic heterocycles.